The first-order valence-corrected chi connectivity index (χ1v) is 11.9. The molecule has 1 saturated heterocycles. The number of anilines is 1. The highest BCUT2D eigenvalue weighted by Gasteiger charge is 2.32. The van der Waals surface area contributed by atoms with Crippen LogP contribution in [0.3, 0.4) is 0 Å². The highest BCUT2D eigenvalue weighted by atomic mass is 32.2. The number of benzene rings is 1. The van der Waals surface area contributed by atoms with Crippen molar-refractivity contribution in [3.8, 4) is 0 Å². The lowest BCUT2D eigenvalue weighted by atomic mass is 9.97. The zero-order valence-electron chi connectivity index (χ0n) is 17.2. The maximum atomic E-state index is 13.0. The molecule has 8 heteroatoms. The number of amides is 2. The van der Waals surface area contributed by atoms with E-state index in [4.69, 9.17) is 0 Å². The zero-order valence-corrected chi connectivity index (χ0v) is 18.1. The van der Waals surface area contributed by atoms with E-state index in [1.807, 2.05) is 6.92 Å². The van der Waals surface area contributed by atoms with Crippen LogP contribution in [0.2, 0.25) is 0 Å². The van der Waals surface area contributed by atoms with Crippen molar-refractivity contribution < 1.29 is 18.0 Å². The maximum absolute atomic E-state index is 13.0. The van der Waals surface area contributed by atoms with Gasteiger partial charge in [-0.15, -0.1) is 0 Å². The normalized spacial score (nSPS) is 19.7. The maximum Gasteiger partial charge on any atom is 0.247 e. The molecule has 2 N–H and O–H groups in total. The summed E-state index contributed by atoms with van der Waals surface area (Å²) in [6, 6.07) is 4.25. The number of carbonyl (C=O) groups is 2. The molecule has 0 bridgehead atoms. The molecule has 1 unspecified atom stereocenters. The highest BCUT2D eigenvalue weighted by molar-refractivity contribution is 7.89. The molecule has 1 saturated carbocycles. The molecule has 1 aromatic rings. The smallest absolute Gasteiger partial charge is 0.247 e. The molecule has 160 valence electrons. The van der Waals surface area contributed by atoms with Gasteiger partial charge in [-0.3, -0.25) is 9.59 Å². The summed E-state index contributed by atoms with van der Waals surface area (Å²) in [6.07, 6.45) is 6.70. The van der Waals surface area contributed by atoms with Crippen LogP contribution < -0.4 is 10.6 Å². The molecule has 7 nitrogen and oxygen atoms in total. The third-order valence-corrected chi connectivity index (χ3v) is 7.83. The lowest BCUT2D eigenvalue weighted by molar-refractivity contribution is -0.126. The molecular formula is C21H31N3O4S. The molecule has 0 spiro atoms. The summed E-state index contributed by atoms with van der Waals surface area (Å²) in [5, 5.41) is 5.65. The van der Waals surface area contributed by atoms with Crippen LogP contribution in [0.4, 0.5) is 5.69 Å². The minimum atomic E-state index is -3.58. The van der Waals surface area contributed by atoms with E-state index >= 15 is 0 Å². The first-order valence-electron chi connectivity index (χ1n) is 10.5. The summed E-state index contributed by atoms with van der Waals surface area (Å²) in [7, 11) is -3.58. The van der Waals surface area contributed by atoms with Gasteiger partial charge in [0.05, 0.1) is 4.90 Å². The van der Waals surface area contributed by atoms with Crippen LogP contribution in [0.15, 0.2) is 23.1 Å². The number of piperidine rings is 1. The van der Waals surface area contributed by atoms with Crippen molar-refractivity contribution in [3.63, 3.8) is 0 Å². The zero-order chi connectivity index (χ0) is 21.0. The molecule has 1 heterocycles. The molecule has 1 atom stereocenters. The van der Waals surface area contributed by atoms with Crippen molar-refractivity contribution in [2.75, 3.05) is 18.4 Å². The molecule has 1 aliphatic carbocycles. The first kappa shape index (κ1) is 21.8. The van der Waals surface area contributed by atoms with E-state index in [2.05, 4.69) is 10.6 Å². The average molecular weight is 422 g/mol. The summed E-state index contributed by atoms with van der Waals surface area (Å²) < 4.78 is 27.5. The summed E-state index contributed by atoms with van der Waals surface area (Å²) in [5.41, 5.74) is 1.25. The van der Waals surface area contributed by atoms with E-state index in [0.29, 0.717) is 18.8 Å². The van der Waals surface area contributed by atoms with Gasteiger partial charge in [0.25, 0.3) is 0 Å². The van der Waals surface area contributed by atoms with Crippen LogP contribution in [0.5, 0.6) is 0 Å². The number of nitrogens with zero attached hydrogens (tertiary/aromatic N) is 1. The van der Waals surface area contributed by atoms with Crippen molar-refractivity contribution in [2.45, 2.75) is 69.7 Å². The van der Waals surface area contributed by atoms with Crippen molar-refractivity contribution in [1.82, 2.24) is 9.62 Å². The van der Waals surface area contributed by atoms with E-state index in [9.17, 15) is 18.0 Å². The Kier molecular flexibility index (Phi) is 6.95. The average Bonchev–Trinajstić information content (AvgIpc) is 3.22. The van der Waals surface area contributed by atoms with Crippen LogP contribution in [0, 0.1) is 12.8 Å². The van der Waals surface area contributed by atoms with Gasteiger partial charge in [0, 0.05) is 25.7 Å². The molecule has 2 fully saturated rings. The Hall–Kier alpha value is -1.93. The monoisotopic (exact) mass is 421 g/mol. The number of nitrogens with one attached hydrogen (secondary N) is 2. The highest BCUT2D eigenvalue weighted by Crippen LogP contribution is 2.29. The topological polar surface area (TPSA) is 95.6 Å². The molecule has 0 radical (unpaired) electrons. The molecule has 3 rings (SSSR count). The van der Waals surface area contributed by atoms with Gasteiger partial charge in [0.2, 0.25) is 21.8 Å². The minimum Gasteiger partial charge on any atom is -0.344 e. The van der Waals surface area contributed by atoms with E-state index in [1.54, 1.807) is 12.1 Å². The molecule has 1 aliphatic heterocycles. The quantitative estimate of drug-likeness (QED) is 0.738. The van der Waals surface area contributed by atoms with E-state index in [-0.39, 0.29) is 22.6 Å². The number of carbonyl (C=O) groups excluding carboxylic acids is 2. The Morgan fingerprint density at radius 3 is 2.34 bits per heavy atom. The van der Waals surface area contributed by atoms with Gasteiger partial charge in [-0.25, -0.2) is 8.42 Å². The summed E-state index contributed by atoms with van der Waals surface area (Å²) in [5.74, 6) is -0.419. The van der Waals surface area contributed by atoms with Crippen molar-refractivity contribution in [2.24, 2.45) is 5.92 Å². The second kappa shape index (κ2) is 9.26. The number of hydrogen-bond donors (Lipinski definition) is 2. The number of sulfonamides is 1. The van der Waals surface area contributed by atoms with Crippen molar-refractivity contribution in [3.05, 3.63) is 23.8 Å². The summed E-state index contributed by atoms with van der Waals surface area (Å²) in [6.45, 7) is 4.30. The SMILES string of the molecule is CC(=O)NC(C(=O)Nc1cc(S(=O)(=O)N2CCCCC2)ccc1C)C1CCCC1. The van der Waals surface area contributed by atoms with E-state index in [0.717, 1.165) is 50.5 Å². The fourth-order valence-corrected chi connectivity index (χ4v) is 5.81. The summed E-state index contributed by atoms with van der Waals surface area (Å²) >= 11 is 0. The molecule has 1 aromatic carbocycles. The van der Waals surface area contributed by atoms with Gasteiger partial charge in [-0.1, -0.05) is 25.3 Å². The van der Waals surface area contributed by atoms with Gasteiger partial charge in [-0.05, 0) is 56.2 Å². The molecule has 0 aromatic heterocycles. The fourth-order valence-electron chi connectivity index (χ4n) is 4.27. The van der Waals surface area contributed by atoms with Crippen molar-refractivity contribution >= 4 is 27.5 Å². The van der Waals surface area contributed by atoms with Gasteiger partial charge >= 0.3 is 0 Å². The van der Waals surface area contributed by atoms with Gasteiger partial charge in [0.15, 0.2) is 0 Å². The van der Waals surface area contributed by atoms with Gasteiger partial charge < -0.3 is 10.6 Å². The Balaban J connectivity index is 1.81. The first-order chi connectivity index (χ1) is 13.8. The lowest BCUT2D eigenvalue weighted by Crippen LogP contribution is -2.47. The third kappa shape index (κ3) is 5.17. The molecule has 2 aliphatic rings. The van der Waals surface area contributed by atoms with E-state index in [1.165, 1.54) is 17.3 Å². The minimum absolute atomic E-state index is 0.111. The van der Waals surface area contributed by atoms with E-state index < -0.39 is 16.1 Å². The van der Waals surface area contributed by atoms with Crippen LogP contribution in [0.25, 0.3) is 0 Å². The Morgan fingerprint density at radius 1 is 1.07 bits per heavy atom. The third-order valence-electron chi connectivity index (χ3n) is 5.93. The fraction of sp³-hybridized carbons (Fsp3) is 0.619. The number of hydrogen-bond acceptors (Lipinski definition) is 4. The largest absolute Gasteiger partial charge is 0.344 e. The molecule has 29 heavy (non-hydrogen) atoms. The standard InChI is InChI=1S/C21H31N3O4S/c1-15-10-11-18(29(27,28)24-12-6-3-7-13-24)14-19(15)23-21(26)20(22-16(2)25)17-8-4-5-9-17/h10-11,14,17,20H,3-9,12-13H2,1-2H3,(H,22,25)(H,23,26). The van der Waals surface area contributed by atoms with Gasteiger partial charge in [-0.2, -0.15) is 4.31 Å². The van der Waals surface area contributed by atoms with Crippen LogP contribution >= 0.6 is 0 Å². The lowest BCUT2D eigenvalue weighted by Gasteiger charge is -2.26. The Bertz CT molecular complexity index is 857. The van der Waals surface area contributed by atoms with Gasteiger partial charge in [0.1, 0.15) is 6.04 Å². The number of aryl methyl sites for hydroxylation is 1. The second-order valence-electron chi connectivity index (χ2n) is 8.15. The Labute approximate surface area is 173 Å². The number of rotatable bonds is 6. The molecule has 2 amide bonds. The predicted octanol–water partition coefficient (Wildman–Crippen LogP) is 2.80. The van der Waals surface area contributed by atoms with Crippen LogP contribution in [-0.2, 0) is 19.6 Å². The van der Waals surface area contributed by atoms with Crippen LogP contribution in [0.1, 0.15) is 57.4 Å². The molecular weight excluding hydrogens is 390 g/mol. The Morgan fingerprint density at radius 2 is 1.72 bits per heavy atom. The van der Waals surface area contributed by atoms with Crippen molar-refractivity contribution in [1.29, 1.82) is 0 Å². The predicted molar refractivity (Wildman–Crippen MR) is 112 cm³/mol. The summed E-state index contributed by atoms with van der Waals surface area (Å²) in [4.78, 5) is 24.8. The second-order valence-corrected chi connectivity index (χ2v) is 10.1. The van der Waals surface area contributed by atoms with Crippen LogP contribution in [-0.4, -0.2) is 43.7 Å².